The molecule has 0 aromatic heterocycles. The topological polar surface area (TPSA) is 18.5 Å². The second-order valence-electron chi connectivity index (χ2n) is 6.18. The zero-order valence-corrected chi connectivity index (χ0v) is 12.9. The minimum atomic E-state index is -0.515. The van der Waals surface area contributed by atoms with Gasteiger partial charge in [0.15, 0.2) is 0 Å². The molecule has 4 heteroatoms. The highest BCUT2D eigenvalue weighted by atomic mass is 19.1. The summed E-state index contributed by atoms with van der Waals surface area (Å²) in [6, 6.07) is 5.12. The van der Waals surface area contributed by atoms with Crippen molar-refractivity contribution in [2.75, 3.05) is 0 Å². The molecule has 1 fully saturated rings. The van der Waals surface area contributed by atoms with Gasteiger partial charge in [-0.05, 0) is 45.6 Å². The molecular weight excluding hydrogens is 254 g/mol. The van der Waals surface area contributed by atoms with Crippen molar-refractivity contribution in [2.45, 2.75) is 52.2 Å². The Kier molecular flexibility index (Phi) is 4.08. The largest absolute Gasteiger partial charge is 0.494 e. The molecule has 0 N–H and O–H groups in total. The van der Waals surface area contributed by atoms with Gasteiger partial charge in [-0.3, -0.25) is 0 Å². The molecule has 1 heterocycles. The van der Waals surface area contributed by atoms with Gasteiger partial charge in [-0.25, -0.2) is 4.39 Å². The van der Waals surface area contributed by atoms with Crippen LogP contribution in [0, 0.1) is 5.82 Å². The van der Waals surface area contributed by atoms with Gasteiger partial charge in [-0.2, -0.15) is 0 Å². The van der Waals surface area contributed by atoms with Crippen molar-refractivity contribution in [3.8, 4) is 0 Å². The molecule has 1 aromatic carbocycles. The van der Waals surface area contributed by atoms with Crippen molar-refractivity contribution in [3.63, 3.8) is 0 Å². The Morgan fingerprint density at radius 1 is 1.15 bits per heavy atom. The highest BCUT2D eigenvalue weighted by molar-refractivity contribution is 6.62. The van der Waals surface area contributed by atoms with Crippen molar-refractivity contribution in [3.05, 3.63) is 35.7 Å². The smallest absolute Gasteiger partial charge is 0.399 e. The molecular formula is C16H22BFO2. The lowest BCUT2D eigenvalue weighted by Gasteiger charge is -2.32. The highest BCUT2D eigenvalue weighted by Crippen LogP contribution is 2.36. The molecule has 1 saturated heterocycles. The number of hydrogen-bond donors (Lipinski definition) is 0. The Morgan fingerprint density at radius 3 is 2.25 bits per heavy atom. The molecule has 0 saturated carbocycles. The van der Waals surface area contributed by atoms with E-state index in [1.807, 2.05) is 46.8 Å². The number of rotatable bonds is 3. The van der Waals surface area contributed by atoms with Crippen molar-refractivity contribution < 1.29 is 13.7 Å². The minimum absolute atomic E-state index is 0.248. The molecule has 0 radical (unpaired) electrons. The number of hydrogen-bond acceptors (Lipinski definition) is 2. The van der Waals surface area contributed by atoms with Crippen LogP contribution in [0.3, 0.4) is 0 Å². The van der Waals surface area contributed by atoms with Crippen LogP contribution < -0.4 is 5.46 Å². The quantitative estimate of drug-likeness (QED) is 0.786. The van der Waals surface area contributed by atoms with Gasteiger partial charge in [0, 0.05) is 5.56 Å². The van der Waals surface area contributed by atoms with E-state index in [2.05, 4.69) is 0 Å². The zero-order chi connectivity index (χ0) is 15.0. The van der Waals surface area contributed by atoms with Gasteiger partial charge >= 0.3 is 7.12 Å². The van der Waals surface area contributed by atoms with Crippen molar-refractivity contribution in [1.82, 2.24) is 0 Å². The summed E-state index contributed by atoms with van der Waals surface area (Å²) in [6.07, 6.45) is 4.62. The van der Waals surface area contributed by atoms with Crippen LogP contribution in [-0.4, -0.2) is 18.3 Å². The molecule has 0 bridgehead atoms. The molecule has 1 aliphatic rings. The monoisotopic (exact) mass is 276 g/mol. The molecule has 0 spiro atoms. The SMILES string of the molecule is CC/C=C/c1ccc(B2OC(C)(C)C(C)(C)O2)cc1F. The lowest BCUT2D eigenvalue weighted by molar-refractivity contribution is 0.00578. The molecule has 2 rings (SSSR count). The standard InChI is InChI=1S/C16H22BFO2/c1-6-7-8-12-9-10-13(11-14(12)18)17-19-15(2,3)16(4,5)20-17/h7-11H,6H2,1-5H3/b8-7+. The van der Waals surface area contributed by atoms with Gasteiger partial charge in [0.1, 0.15) is 5.82 Å². The first-order chi connectivity index (χ1) is 9.27. The lowest BCUT2D eigenvalue weighted by atomic mass is 9.78. The molecule has 0 amide bonds. The van der Waals surface area contributed by atoms with E-state index in [9.17, 15) is 4.39 Å². The van der Waals surface area contributed by atoms with Crippen LogP contribution in [0.1, 0.15) is 46.6 Å². The Hall–Kier alpha value is -1.13. The summed E-state index contributed by atoms with van der Waals surface area (Å²) < 4.78 is 25.9. The van der Waals surface area contributed by atoms with Gasteiger partial charge in [-0.15, -0.1) is 0 Å². The maximum atomic E-state index is 14.0. The fourth-order valence-electron chi connectivity index (χ4n) is 2.05. The Balaban J connectivity index is 2.24. The lowest BCUT2D eigenvalue weighted by Crippen LogP contribution is -2.41. The fraction of sp³-hybridized carbons (Fsp3) is 0.500. The minimum Gasteiger partial charge on any atom is -0.399 e. The average molecular weight is 276 g/mol. The Bertz CT molecular complexity index is 507. The second kappa shape index (κ2) is 5.34. The number of allylic oxidation sites excluding steroid dienone is 1. The molecule has 108 valence electrons. The predicted octanol–water partition coefficient (Wildman–Crippen LogP) is 3.55. The van der Waals surface area contributed by atoms with Gasteiger partial charge in [0.2, 0.25) is 0 Å². The van der Waals surface area contributed by atoms with E-state index >= 15 is 0 Å². The number of halogens is 1. The highest BCUT2D eigenvalue weighted by Gasteiger charge is 2.51. The second-order valence-corrected chi connectivity index (χ2v) is 6.18. The van der Waals surface area contributed by atoms with E-state index in [0.29, 0.717) is 5.56 Å². The maximum Gasteiger partial charge on any atom is 0.494 e. The van der Waals surface area contributed by atoms with Gasteiger partial charge in [-0.1, -0.05) is 31.2 Å². The van der Waals surface area contributed by atoms with Gasteiger partial charge in [0.05, 0.1) is 11.2 Å². The summed E-state index contributed by atoms with van der Waals surface area (Å²) >= 11 is 0. The van der Waals surface area contributed by atoms with Crippen LogP contribution in [0.4, 0.5) is 4.39 Å². The van der Waals surface area contributed by atoms with E-state index in [4.69, 9.17) is 9.31 Å². The maximum absolute atomic E-state index is 14.0. The fourth-order valence-corrected chi connectivity index (χ4v) is 2.05. The summed E-state index contributed by atoms with van der Waals surface area (Å²) in [4.78, 5) is 0. The molecule has 0 unspecified atom stereocenters. The van der Waals surface area contributed by atoms with Gasteiger partial charge in [0.25, 0.3) is 0 Å². The van der Waals surface area contributed by atoms with Crippen LogP contribution in [-0.2, 0) is 9.31 Å². The number of benzene rings is 1. The third kappa shape index (κ3) is 2.81. The normalized spacial score (nSPS) is 20.8. The van der Waals surface area contributed by atoms with Crippen molar-refractivity contribution >= 4 is 18.7 Å². The predicted molar refractivity (Wildman–Crippen MR) is 81.4 cm³/mol. The summed E-state index contributed by atoms with van der Waals surface area (Å²) in [5.41, 5.74) is 0.492. The molecule has 1 aliphatic heterocycles. The third-order valence-corrected chi connectivity index (χ3v) is 4.08. The summed E-state index contributed by atoms with van der Waals surface area (Å²) in [5, 5.41) is 0. The van der Waals surface area contributed by atoms with E-state index in [1.165, 1.54) is 6.07 Å². The van der Waals surface area contributed by atoms with Crippen LogP contribution in [0.5, 0.6) is 0 Å². The molecule has 0 atom stereocenters. The first-order valence-electron chi connectivity index (χ1n) is 7.08. The first-order valence-corrected chi connectivity index (χ1v) is 7.08. The summed E-state index contributed by atoms with van der Waals surface area (Å²) in [5.74, 6) is -0.248. The molecule has 20 heavy (non-hydrogen) atoms. The van der Waals surface area contributed by atoms with Crippen LogP contribution in [0.25, 0.3) is 6.08 Å². The average Bonchev–Trinajstić information content (AvgIpc) is 2.57. The van der Waals surface area contributed by atoms with Crippen molar-refractivity contribution in [1.29, 1.82) is 0 Å². The summed E-state index contributed by atoms with van der Waals surface area (Å²) in [7, 11) is -0.515. The third-order valence-electron chi connectivity index (χ3n) is 4.08. The molecule has 2 nitrogen and oxygen atoms in total. The molecule has 1 aromatic rings. The van der Waals surface area contributed by atoms with Crippen LogP contribution in [0.2, 0.25) is 0 Å². The van der Waals surface area contributed by atoms with E-state index in [-0.39, 0.29) is 5.82 Å². The Labute approximate surface area is 121 Å². The van der Waals surface area contributed by atoms with Crippen molar-refractivity contribution in [2.24, 2.45) is 0 Å². The van der Waals surface area contributed by atoms with Crippen LogP contribution in [0.15, 0.2) is 24.3 Å². The first kappa shape index (κ1) is 15.3. The van der Waals surface area contributed by atoms with E-state index in [1.54, 1.807) is 12.1 Å². The zero-order valence-electron chi connectivity index (χ0n) is 12.9. The van der Waals surface area contributed by atoms with Gasteiger partial charge < -0.3 is 9.31 Å². The van der Waals surface area contributed by atoms with E-state index in [0.717, 1.165) is 11.9 Å². The van der Waals surface area contributed by atoms with E-state index < -0.39 is 18.3 Å². The molecule has 0 aliphatic carbocycles. The summed E-state index contributed by atoms with van der Waals surface area (Å²) in [6.45, 7) is 9.97. The Morgan fingerprint density at radius 2 is 1.75 bits per heavy atom. The van der Waals surface area contributed by atoms with Crippen LogP contribution >= 0.6 is 0 Å².